The monoisotopic (exact) mass is 307 g/mol. The molecule has 1 heterocycles. The summed E-state index contributed by atoms with van der Waals surface area (Å²) >= 11 is 1.81. The molecular weight excluding hydrogens is 286 g/mol. The molecule has 114 valence electrons. The van der Waals surface area contributed by atoms with E-state index in [1.54, 1.807) is 5.43 Å². The zero-order chi connectivity index (χ0) is 15.7. The quantitative estimate of drug-likeness (QED) is 0.260. The number of rotatable bonds is 5. The van der Waals surface area contributed by atoms with Crippen LogP contribution in [0.2, 0.25) is 0 Å². The van der Waals surface area contributed by atoms with Crippen LogP contribution >= 0.6 is 11.8 Å². The van der Waals surface area contributed by atoms with Crippen LogP contribution in [0.3, 0.4) is 0 Å². The minimum absolute atomic E-state index is 0.403. The summed E-state index contributed by atoms with van der Waals surface area (Å²) in [6, 6.07) is 10.4. The molecule has 5 nitrogen and oxygen atoms in total. The highest BCUT2D eigenvalue weighted by Crippen LogP contribution is 2.32. The maximum atomic E-state index is 8.94. The largest absolute Gasteiger partial charge is 0.465 e. The number of anilines is 1. The second-order valence-electron chi connectivity index (χ2n) is 4.29. The second kappa shape index (κ2) is 9.10. The summed E-state index contributed by atoms with van der Waals surface area (Å²) in [7, 11) is 1.95. The Morgan fingerprint density at radius 2 is 2.00 bits per heavy atom. The van der Waals surface area contributed by atoms with Gasteiger partial charge in [-0.3, -0.25) is 10.2 Å². The van der Waals surface area contributed by atoms with Crippen LogP contribution in [0, 0.1) is 13.8 Å². The van der Waals surface area contributed by atoms with E-state index in [0.717, 1.165) is 17.3 Å². The summed E-state index contributed by atoms with van der Waals surface area (Å²) in [5.41, 5.74) is 4.23. The van der Waals surface area contributed by atoms with Crippen LogP contribution in [0.1, 0.15) is 17.1 Å². The smallest absolute Gasteiger partial charge is 0.221 e. The summed E-state index contributed by atoms with van der Waals surface area (Å²) in [6.45, 7) is 4.11. The van der Waals surface area contributed by atoms with Crippen molar-refractivity contribution in [2.75, 3.05) is 12.4 Å². The third kappa shape index (κ3) is 5.53. The lowest BCUT2D eigenvalue weighted by atomic mass is 10.2. The van der Waals surface area contributed by atoms with E-state index >= 15 is 0 Å². The molecule has 1 aromatic heterocycles. The maximum absolute atomic E-state index is 8.94. The van der Waals surface area contributed by atoms with Gasteiger partial charge in [-0.1, -0.05) is 12.1 Å². The molecule has 1 aromatic carbocycles. The number of nitrogens with two attached hydrogens (primary N) is 1. The zero-order valence-corrected chi connectivity index (χ0v) is 13.3. The molecule has 0 bridgehead atoms. The van der Waals surface area contributed by atoms with Crippen molar-refractivity contribution in [2.24, 2.45) is 5.84 Å². The topological polar surface area (TPSA) is 80.3 Å². The number of amides is 1. The Labute approximate surface area is 129 Å². The van der Waals surface area contributed by atoms with Gasteiger partial charge >= 0.3 is 0 Å². The third-order valence-electron chi connectivity index (χ3n) is 2.70. The molecule has 0 atom stereocenters. The van der Waals surface area contributed by atoms with Crippen LogP contribution in [0.4, 0.5) is 5.69 Å². The van der Waals surface area contributed by atoms with Gasteiger partial charge in [0.1, 0.15) is 11.5 Å². The number of hydrogen-bond donors (Lipinski definition) is 3. The molecule has 21 heavy (non-hydrogen) atoms. The van der Waals surface area contributed by atoms with Crippen molar-refractivity contribution < 1.29 is 9.21 Å². The Morgan fingerprint density at radius 3 is 2.52 bits per heavy atom. The van der Waals surface area contributed by atoms with Crippen molar-refractivity contribution in [1.82, 2.24) is 5.43 Å². The molecule has 6 heteroatoms. The number of hydrazine groups is 1. The van der Waals surface area contributed by atoms with E-state index in [0.29, 0.717) is 6.41 Å². The molecule has 4 N–H and O–H groups in total. The molecule has 0 aliphatic heterocycles. The molecule has 0 fully saturated rings. The van der Waals surface area contributed by atoms with E-state index in [-0.39, 0.29) is 0 Å². The molecule has 0 unspecified atom stereocenters. The third-order valence-corrected chi connectivity index (χ3v) is 3.96. The molecular formula is C15H21N3O2S. The SMILES string of the molecule is CNc1cccc(C)c1SCc1ccc(C)o1.NNC=O. The Morgan fingerprint density at radius 1 is 1.29 bits per heavy atom. The average molecular weight is 307 g/mol. The molecule has 1 amide bonds. The first-order valence-electron chi connectivity index (χ1n) is 6.47. The number of hydrogen-bond acceptors (Lipinski definition) is 5. The van der Waals surface area contributed by atoms with Crippen LogP contribution in [0.5, 0.6) is 0 Å². The van der Waals surface area contributed by atoms with Crippen LogP contribution in [-0.4, -0.2) is 13.5 Å². The van der Waals surface area contributed by atoms with Crippen molar-refractivity contribution in [1.29, 1.82) is 0 Å². The minimum atomic E-state index is 0.403. The van der Waals surface area contributed by atoms with Gasteiger partial charge in [0.05, 0.1) is 5.75 Å². The van der Waals surface area contributed by atoms with Crippen LogP contribution in [-0.2, 0) is 10.5 Å². The number of nitrogens with one attached hydrogen (secondary N) is 2. The van der Waals surface area contributed by atoms with Gasteiger partial charge in [0.15, 0.2) is 0 Å². The maximum Gasteiger partial charge on any atom is 0.221 e. The first kappa shape index (κ1) is 17.1. The van der Waals surface area contributed by atoms with Crippen molar-refractivity contribution in [3.05, 3.63) is 47.4 Å². The summed E-state index contributed by atoms with van der Waals surface area (Å²) < 4.78 is 5.58. The van der Waals surface area contributed by atoms with Gasteiger partial charge in [-0.25, -0.2) is 5.84 Å². The van der Waals surface area contributed by atoms with Gasteiger partial charge in [0.2, 0.25) is 6.41 Å². The van der Waals surface area contributed by atoms with Gasteiger partial charge in [-0.05, 0) is 37.6 Å². The molecule has 0 spiro atoms. The molecule has 0 saturated carbocycles. The van der Waals surface area contributed by atoms with Gasteiger partial charge in [-0.2, -0.15) is 0 Å². The van der Waals surface area contributed by atoms with Gasteiger partial charge < -0.3 is 9.73 Å². The fraction of sp³-hybridized carbons (Fsp3) is 0.267. The van der Waals surface area contributed by atoms with E-state index in [4.69, 9.17) is 9.21 Å². The molecule has 2 aromatic rings. The van der Waals surface area contributed by atoms with Crippen LogP contribution < -0.4 is 16.6 Å². The molecule has 0 saturated heterocycles. The minimum Gasteiger partial charge on any atom is -0.465 e. The van der Waals surface area contributed by atoms with Gasteiger partial charge in [-0.15, -0.1) is 11.8 Å². The molecule has 0 aliphatic rings. The van der Waals surface area contributed by atoms with Gasteiger partial charge in [0.25, 0.3) is 0 Å². The second-order valence-corrected chi connectivity index (χ2v) is 5.27. The number of furan rings is 1. The highest BCUT2D eigenvalue weighted by Gasteiger charge is 2.06. The first-order chi connectivity index (χ1) is 10.1. The summed E-state index contributed by atoms with van der Waals surface area (Å²) in [6.07, 6.45) is 0.403. The number of aryl methyl sites for hydroxylation is 2. The lowest BCUT2D eigenvalue weighted by Crippen LogP contribution is -2.18. The number of carbonyl (C=O) groups is 1. The fourth-order valence-corrected chi connectivity index (χ4v) is 2.81. The molecule has 2 rings (SSSR count). The standard InChI is InChI=1S/C14H17NOS.CH4N2O/c1-10-5-4-6-13(15-3)14(10)17-9-12-8-7-11(2)16-12;2-3-1-4/h4-8,15H,9H2,1-3H3;1H,2H2,(H,3,4). The Balaban J connectivity index is 0.000000491. The van der Waals surface area contributed by atoms with Crippen LogP contribution in [0.25, 0.3) is 0 Å². The van der Waals surface area contributed by atoms with Crippen molar-refractivity contribution in [3.63, 3.8) is 0 Å². The highest BCUT2D eigenvalue weighted by atomic mass is 32.2. The fourth-order valence-electron chi connectivity index (χ4n) is 1.75. The normalized spacial score (nSPS) is 9.52. The lowest BCUT2D eigenvalue weighted by molar-refractivity contribution is -0.109. The van der Waals surface area contributed by atoms with Crippen LogP contribution in [0.15, 0.2) is 39.6 Å². The van der Waals surface area contributed by atoms with E-state index in [9.17, 15) is 0 Å². The van der Waals surface area contributed by atoms with E-state index in [1.807, 2.05) is 37.9 Å². The van der Waals surface area contributed by atoms with E-state index in [1.165, 1.54) is 16.1 Å². The zero-order valence-electron chi connectivity index (χ0n) is 12.5. The molecule has 0 radical (unpaired) electrons. The van der Waals surface area contributed by atoms with Crippen molar-refractivity contribution in [2.45, 2.75) is 24.5 Å². The highest BCUT2D eigenvalue weighted by molar-refractivity contribution is 7.98. The Kier molecular flexibility index (Phi) is 7.42. The molecule has 0 aliphatic carbocycles. The average Bonchev–Trinajstić information content (AvgIpc) is 2.91. The predicted octanol–water partition coefficient (Wildman–Crippen LogP) is 2.84. The predicted molar refractivity (Wildman–Crippen MR) is 87.1 cm³/mol. The number of thioether (sulfide) groups is 1. The first-order valence-corrected chi connectivity index (χ1v) is 7.46. The summed E-state index contributed by atoms with van der Waals surface area (Å²) in [5, 5.41) is 3.23. The number of benzene rings is 1. The summed E-state index contributed by atoms with van der Waals surface area (Å²) in [5.74, 6) is 7.28. The van der Waals surface area contributed by atoms with Crippen molar-refractivity contribution >= 4 is 23.9 Å². The van der Waals surface area contributed by atoms with Crippen molar-refractivity contribution in [3.8, 4) is 0 Å². The van der Waals surface area contributed by atoms with Gasteiger partial charge in [0, 0.05) is 17.6 Å². The lowest BCUT2D eigenvalue weighted by Gasteiger charge is -2.10. The van der Waals surface area contributed by atoms with E-state index < -0.39 is 0 Å². The summed E-state index contributed by atoms with van der Waals surface area (Å²) in [4.78, 5) is 10.2. The van der Waals surface area contributed by atoms with E-state index in [2.05, 4.69) is 36.3 Å². The Bertz CT molecular complexity index is 570. The Hall–Kier alpha value is -1.92. The number of carbonyl (C=O) groups excluding carboxylic acids is 1.